The standard InChI is InChI=1S/C19H15NO3/c21-17-10-8-14(19(22)20-17)15-11-23-16-9-7-12-5-3-1-2-4-6-13(12)18(15)16/h5-7,9,11,14H,3-4,8,10H2,(H,20,21,22)/b12-5+,13-6+. The summed E-state index contributed by atoms with van der Waals surface area (Å²) in [5, 5.41) is 5.58. The van der Waals surface area contributed by atoms with Crippen molar-refractivity contribution in [1.82, 2.24) is 5.32 Å². The molecule has 1 saturated heterocycles. The average Bonchev–Trinajstić information content (AvgIpc) is 2.91. The van der Waals surface area contributed by atoms with Crippen molar-refractivity contribution in [2.75, 3.05) is 0 Å². The molecule has 2 aromatic rings. The molecule has 1 unspecified atom stereocenters. The van der Waals surface area contributed by atoms with Gasteiger partial charge in [0.1, 0.15) is 5.58 Å². The summed E-state index contributed by atoms with van der Waals surface area (Å²) in [6.07, 6.45) is 8.12. The van der Waals surface area contributed by atoms with Crippen molar-refractivity contribution in [2.45, 2.75) is 31.6 Å². The molecule has 0 spiro atoms. The van der Waals surface area contributed by atoms with E-state index >= 15 is 0 Å². The maximum absolute atomic E-state index is 12.2. The number of hydrogen-bond acceptors (Lipinski definition) is 3. The highest BCUT2D eigenvalue weighted by Crippen LogP contribution is 2.30. The smallest absolute Gasteiger partial charge is 0.234 e. The van der Waals surface area contributed by atoms with E-state index in [9.17, 15) is 9.59 Å². The normalized spacial score (nSPS) is 23.2. The van der Waals surface area contributed by atoms with Crippen LogP contribution in [-0.4, -0.2) is 11.8 Å². The minimum atomic E-state index is -0.342. The predicted octanol–water partition coefficient (Wildman–Crippen LogP) is 1.31. The Balaban J connectivity index is 1.95. The van der Waals surface area contributed by atoms with Gasteiger partial charge in [0, 0.05) is 30.2 Å². The molecule has 1 aliphatic carbocycles. The highest BCUT2D eigenvalue weighted by molar-refractivity contribution is 6.02. The first-order chi connectivity index (χ1) is 11.2. The summed E-state index contributed by atoms with van der Waals surface area (Å²) < 4.78 is 5.68. The Morgan fingerprint density at radius 1 is 1.13 bits per heavy atom. The summed E-state index contributed by atoms with van der Waals surface area (Å²) in [5.74, 6) is 5.42. The van der Waals surface area contributed by atoms with Gasteiger partial charge in [0.2, 0.25) is 11.8 Å². The van der Waals surface area contributed by atoms with Crippen LogP contribution in [-0.2, 0) is 9.59 Å². The summed E-state index contributed by atoms with van der Waals surface area (Å²) >= 11 is 0. The lowest BCUT2D eigenvalue weighted by Crippen LogP contribution is -2.39. The van der Waals surface area contributed by atoms with Gasteiger partial charge < -0.3 is 4.42 Å². The molecule has 1 aromatic carbocycles. The number of rotatable bonds is 1. The van der Waals surface area contributed by atoms with Crippen LogP contribution in [0, 0.1) is 11.8 Å². The number of furan rings is 1. The quantitative estimate of drug-likeness (QED) is 0.638. The number of amides is 2. The van der Waals surface area contributed by atoms with E-state index in [1.165, 1.54) is 0 Å². The zero-order chi connectivity index (χ0) is 15.8. The molecule has 1 N–H and O–H groups in total. The van der Waals surface area contributed by atoms with Gasteiger partial charge in [0.15, 0.2) is 0 Å². The number of fused-ring (bicyclic) bond motifs is 3. The number of hydrogen-bond donors (Lipinski definition) is 1. The van der Waals surface area contributed by atoms with Crippen molar-refractivity contribution in [2.24, 2.45) is 0 Å². The Morgan fingerprint density at radius 2 is 1.96 bits per heavy atom. The molecule has 0 bridgehead atoms. The van der Waals surface area contributed by atoms with E-state index in [0.29, 0.717) is 19.3 Å². The molecule has 1 aliphatic heterocycles. The molecule has 114 valence electrons. The van der Waals surface area contributed by atoms with Crippen molar-refractivity contribution < 1.29 is 14.0 Å². The molecular weight excluding hydrogens is 290 g/mol. The molecule has 23 heavy (non-hydrogen) atoms. The molecule has 4 rings (SSSR count). The minimum Gasteiger partial charge on any atom is -0.464 e. The van der Waals surface area contributed by atoms with E-state index in [1.54, 1.807) is 6.26 Å². The lowest BCUT2D eigenvalue weighted by Gasteiger charge is -2.20. The molecule has 1 atom stereocenters. The second-order valence-electron chi connectivity index (χ2n) is 5.81. The average molecular weight is 305 g/mol. The van der Waals surface area contributed by atoms with Crippen LogP contribution in [0.15, 0.2) is 22.8 Å². The van der Waals surface area contributed by atoms with Gasteiger partial charge in [-0.3, -0.25) is 14.9 Å². The second-order valence-corrected chi connectivity index (χ2v) is 5.81. The Morgan fingerprint density at radius 3 is 2.78 bits per heavy atom. The highest BCUT2D eigenvalue weighted by Gasteiger charge is 2.30. The largest absolute Gasteiger partial charge is 0.464 e. The molecule has 0 saturated carbocycles. The van der Waals surface area contributed by atoms with Crippen molar-refractivity contribution >= 4 is 34.9 Å². The molecular formula is C19H15NO3. The van der Waals surface area contributed by atoms with Crippen molar-refractivity contribution in [3.05, 3.63) is 34.4 Å². The lowest BCUT2D eigenvalue weighted by atomic mass is 9.89. The van der Waals surface area contributed by atoms with E-state index in [0.717, 1.165) is 33.4 Å². The fraction of sp³-hybridized carbons (Fsp3) is 0.263. The highest BCUT2D eigenvalue weighted by atomic mass is 16.3. The molecule has 2 heterocycles. The monoisotopic (exact) mass is 305 g/mol. The van der Waals surface area contributed by atoms with Crippen LogP contribution in [0.25, 0.3) is 23.1 Å². The van der Waals surface area contributed by atoms with Crippen LogP contribution in [0.2, 0.25) is 0 Å². The van der Waals surface area contributed by atoms with Gasteiger partial charge in [-0.25, -0.2) is 0 Å². The van der Waals surface area contributed by atoms with E-state index in [2.05, 4.69) is 29.3 Å². The zero-order valence-electron chi connectivity index (χ0n) is 12.5. The maximum atomic E-state index is 12.2. The summed E-state index contributed by atoms with van der Waals surface area (Å²) in [7, 11) is 0. The van der Waals surface area contributed by atoms with Gasteiger partial charge in [0.25, 0.3) is 0 Å². The van der Waals surface area contributed by atoms with E-state index < -0.39 is 0 Å². The third-order valence-electron chi connectivity index (χ3n) is 4.41. The summed E-state index contributed by atoms with van der Waals surface area (Å²) in [6.45, 7) is 0. The molecule has 1 aromatic heterocycles. The Bertz CT molecular complexity index is 1000. The van der Waals surface area contributed by atoms with Crippen molar-refractivity contribution in [3.63, 3.8) is 0 Å². The fourth-order valence-corrected chi connectivity index (χ4v) is 3.30. The molecule has 2 amide bonds. The number of imide groups is 1. The van der Waals surface area contributed by atoms with Crippen molar-refractivity contribution in [3.8, 4) is 11.8 Å². The van der Waals surface area contributed by atoms with Gasteiger partial charge >= 0.3 is 0 Å². The molecule has 0 radical (unpaired) electrons. The van der Waals surface area contributed by atoms with E-state index in [-0.39, 0.29) is 17.7 Å². The topological polar surface area (TPSA) is 59.3 Å². The van der Waals surface area contributed by atoms with Gasteiger partial charge in [0.05, 0.1) is 12.2 Å². The minimum absolute atomic E-state index is 0.204. The third-order valence-corrected chi connectivity index (χ3v) is 4.41. The lowest BCUT2D eigenvalue weighted by molar-refractivity contribution is -0.134. The fourth-order valence-electron chi connectivity index (χ4n) is 3.30. The van der Waals surface area contributed by atoms with Crippen LogP contribution in [0.5, 0.6) is 0 Å². The molecule has 1 fully saturated rings. The summed E-state index contributed by atoms with van der Waals surface area (Å²) in [5.41, 5.74) is 1.63. The molecule has 2 aliphatic rings. The predicted molar refractivity (Wildman–Crippen MR) is 86.5 cm³/mol. The van der Waals surface area contributed by atoms with E-state index in [4.69, 9.17) is 4.42 Å². The Hall–Kier alpha value is -2.80. The van der Waals surface area contributed by atoms with Gasteiger partial charge in [-0.15, -0.1) is 0 Å². The number of nitrogens with one attached hydrogen (secondary N) is 1. The first-order valence-corrected chi connectivity index (χ1v) is 7.74. The van der Waals surface area contributed by atoms with E-state index in [1.807, 2.05) is 12.1 Å². The van der Waals surface area contributed by atoms with Crippen LogP contribution < -0.4 is 15.8 Å². The van der Waals surface area contributed by atoms with Crippen LogP contribution in [0.3, 0.4) is 0 Å². The number of benzene rings is 1. The van der Waals surface area contributed by atoms with Crippen LogP contribution in [0.4, 0.5) is 0 Å². The number of carbonyl (C=O) groups is 2. The first-order valence-electron chi connectivity index (χ1n) is 7.74. The Labute approximate surface area is 132 Å². The molecule has 4 nitrogen and oxygen atoms in total. The summed E-state index contributed by atoms with van der Waals surface area (Å²) in [6, 6.07) is 3.96. The number of carbonyl (C=O) groups excluding carboxylic acids is 2. The number of piperidine rings is 1. The van der Waals surface area contributed by atoms with Crippen LogP contribution in [0.1, 0.15) is 37.2 Å². The second kappa shape index (κ2) is 5.44. The SMILES string of the molecule is O=C1CCC(c2coc3ccc4/c(c23)=C\CC#CC/C=4)C(=O)N1. The zero-order valence-corrected chi connectivity index (χ0v) is 12.5. The first kappa shape index (κ1) is 13.8. The van der Waals surface area contributed by atoms with Gasteiger partial charge in [-0.2, -0.15) is 0 Å². The van der Waals surface area contributed by atoms with Gasteiger partial charge in [-0.05, 0) is 22.9 Å². The van der Waals surface area contributed by atoms with Crippen molar-refractivity contribution in [1.29, 1.82) is 0 Å². The third kappa shape index (κ3) is 2.35. The summed E-state index contributed by atoms with van der Waals surface area (Å²) in [4.78, 5) is 23.6. The van der Waals surface area contributed by atoms with Gasteiger partial charge in [-0.1, -0.05) is 30.1 Å². The maximum Gasteiger partial charge on any atom is 0.234 e. The van der Waals surface area contributed by atoms with Crippen LogP contribution >= 0.6 is 0 Å². The molecule has 4 heteroatoms. The Kier molecular flexibility index (Phi) is 3.27.